The lowest BCUT2D eigenvalue weighted by molar-refractivity contribution is -0.303. The van der Waals surface area contributed by atoms with E-state index in [9.17, 15) is 9.59 Å². The van der Waals surface area contributed by atoms with E-state index in [0.29, 0.717) is 12.2 Å². The van der Waals surface area contributed by atoms with Gasteiger partial charge in [-0.05, 0) is 17.7 Å². The molecule has 0 spiro atoms. The molecule has 3 rings (SSSR count). The molecule has 1 heterocycles. The van der Waals surface area contributed by atoms with Crippen LogP contribution in [0.25, 0.3) is 0 Å². The number of esters is 1. The zero-order valence-corrected chi connectivity index (χ0v) is 18.4. The van der Waals surface area contributed by atoms with Crippen molar-refractivity contribution in [1.82, 2.24) is 0 Å². The highest BCUT2D eigenvalue weighted by atomic mass is 16.7. The number of methoxy groups -OCH3 is 1. The van der Waals surface area contributed by atoms with Gasteiger partial charge in [0.15, 0.2) is 18.5 Å². The molecule has 0 bridgehead atoms. The number of benzene rings is 2. The van der Waals surface area contributed by atoms with Gasteiger partial charge in [-0.2, -0.15) is 0 Å². The lowest BCUT2D eigenvalue weighted by atomic mass is 9.98. The van der Waals surface area contributed by atoms with Gasteiger partial charge in [0.25, 0.3) is 6.47 Å². The SMILES string of the molecule is C=CCO[C@H]1[C@@H](OC)O[C@H](COCc2ccccc2)[C@@H](OC(=O)c2ccccc2)[C@@H]1OC=O. The summed E-state index contributed by atoms with van der Waals surface area (Å²) in [6.45, 7) is 4.47. The standard InChI is InChI=1S/C25H28O8/c1-3-14-30-23-22(31-17-26)21(33-24(27)19-12-8-5-9-13-19)20(32-25(23)28-2)16-29-15-18-10-6-4-7-11-18/h3-13,17,20-23,25H,1,14-16H2,2H3/t20-,21-,22+,23-,25+/m1/s1. The molecule has 5 atom stereocenters. The van der Waals surface area contributed by atoms with E-state index in [1.807, 2.05) is 30.3 Å². The summed E-state index contributed by atoms with van der Waals surface area (Å²) in [5.41, 5.74) is 1.33. The molecular formula is C25H28O8. The normalized spacial score (nSPS) is 24.6. The third kappa shape index (κ3) is 6.72. The van der Waals surface area contributed by atoms with Crippen LogP contribution in [-0.2, 0) is 39.8 Å². The van der Waals surface area contributed by atoms with E-state index < -0.39 is 36.7 Å². The van der Waals surface area contributed by atoms with Crippen molar-refractivity contribution in [3.63, 3.8) is 0 Å². The van der Waals surface area contributed by atoms with E-state index in [1.165, 1.54) is 7.11 Å². The van der Waals surface area contributed by atoms with E-state index >= 15 is 0 Å². The zero-order chi connectivity index (χ0) is 23.5. The van der Waals surface area contributed by atoms with Crippen LogP contribution in [-0.4, -0.2) is 63.5 Å². The number of carbonyl (C=O) groups is 2. The minimum Gasteiger partial charge on any atom is -0.457 e. The number of carbonyl (C=O) groups excluding carboxylic acids is 2. The molecule has 0 aromatic heterocycles. The molecule has 8 nitrogen and oxygen atoms in total. The Morgan fingerprint density at radius 2 is 1.73 bits per heavy atom. The number of ether oxygens (including phenoxy) is 6. The molecule has 1 aliphatic rings. The van der Waals surface area contributed by atoms with Crippen LogP contribution < -0.4 is 0 Å². The summed E-state index contributed by atoms with van der Waals surface area (Å²) in [5, 5.41) is 0. The van der Waals surface area contributed by atoms with E-state index in [0.717, 1.165) is 5.56 Å². The highest BCUT2D eigenvalue weighted by Crippen LogP contribution is 2.29. The highest BCUT2D eigenvalue weighted by Gasteiger charge is 2.50. The van der Waals surface area contributed by atoms with Crippen LogP contribution in [0, 0.1) is 0 Å². The predicted octanol–water partition coefficient (Wildman–Crippen LogP) is 2.91. The first-order chi connectivity index (χ1) is 16.2. The molecule has 2 aromatic rings. The molecule has 1 aliphatic heterocycles. The summed E-state index contributed by atoms with van der Waals surface area (Å²) in [5.74, 6) is -0.588. The molecule has 0 amide bonds. The number of hydrogen-bond donors (Lipinski definition) is 0. The third-order valence-corrected chi connectivity index (χ3v) is 5.09. The number of rotatable bonds is 12. The second-order valence-corrected chi connectivity index (χ2v) is 7.30. The first kappa shape index (κ1) is 24.6. The second-order valence-electron chi connectivity index (χ2n) is 7.30. The van der Waals surface area contributed by atoms with Crippen LogP contribution in [0.4, 0.5) is 0 Å². The Labute approximate surface area is 193 Å². The van der Waals surface area contributed by atoms with Gasteiger partial charge in [-0.15, -0.1) is 6.58 Å². The molecule has 0 saturated carbocycles. The number of hydrogen-bond acceptors (Lipinski definition) is 8. The molecule has 33 heavy (non-hydrogen) atoms. The van der Waals surface area contributed by atoms with Gasteiger partial charge in [0.2, 0.25) is 0 Å². The first-order valence-electron chi connectivity index (χ1n) is 10.6. The Kier molecular flexibility index (Phi) is 9.59. The van der Waals surface area contributed by atoms with Crippen molar-refractivity contribution in [2.45, 2.75) is 37.3 Å². The largest absolute Gasteiger partial charge is 0.457 e. The van der Waals surface area contributed by atoms with Crippen molar-refractivity contribution in [2.75, 3.05) is 20.3 Å². The zero-order valence-electron chi connectivity index (χ0n) is 18.4. The Balaban J connectivity index is 1.81. The fourth-order valence-corrected chi connectivity index (χ4v) is 3.55. The lowest BCUT2D eigenvalue weighted by Gasteiger charge is -2.44. The summed E-state index contributed by atoms with van der Waals surface area (Å²) >= 11 is 0. The first-order valence-corrected chi connectivity index (χ1v) is 10.6. The van der Waals surface area contributed by atoms with E-state index in [-0.39, 0.29) is 19.7 Å². The van der Waals surface area contributed by atoms with Crippen LogP contribution in [0.5, 0.6) is 0 Å². The molecule has 2 aromatic carbocycles. The average molecular weight is 456 g/mol. The molecule has 176 valence electrons. The maximum Gasteiger partial charge on any atom is 0.338 e. The topological polar surface area (TPSA) is 89.5 Å². The minimum absolute atomic E-state index is 0.0639. The summed E-state index contributed by atoms with van der Waals surface area (Å²) in [6, 6.07) is 18.1. The predicted molar refractivity (Wildman–Crippen MR) is 118 cm³/mol. The van der Waals surface area contributed by atoms with Crippen molar-refractivity contribution >= 4 is 12.4 Å². The molecule has 0 aliphatic carbocycles. The van der Waals surface area contributed by atoms with Crippen molar-refractivity contribution in [2.24, 2.45) is 0 Å². The average Bonchev–Trinajstić information content (AvgIpc) is 2.86. The molecule has 0 radical (unpaired) electrons. The van der Waals surface area contributed by atoms with Crippen LogP contribution in [0.15, 0.2) is 73.3 Å². The van der Waals surface area contributed by atoms with Gasteiger partial charge in [-0.1, -0.05) is 54.6 Å². The molecule has 0 N–H and O–H groups in total. The fourth-order valence-electron chi connectivity index (χ4n) is 3.55. The van der Waals surface area contributed by atoms with Crippen LogP contribution in [0.2, 0.25) is 0 Å². The molecular weight excluding hydrogens is 428 g/mol. The Morgan fingerprint density at radius 3 is 2.36 bits per heavy atom. The van der Waals surface area contributed by atoms with Gasteiger partial charge < -0.3 is 28.4 Å². The molecule has 8 heteroatoms. The van der Waals surface area contributed by atoms with Crippen molar-refractivity contribution in [3.05, 3.63) is 84.4 Å². The van der Waals surface area contributed by atoms with E-state index in [2.05, 4.69) is 6.58 Å². The monoisotopic (exact) mass is 456 g/mol. The summed E-state index contributed by atoms with van der Waals surface area (Å²) in [7, 11) is 1.45. The molecule has 1 saturated heterocycles. The van der Waals surface area contributed by atoms with Gasteiger partial charge >= 0.3 is 5.97 Å². The van der Waals surface area contributed by atoms with Crippen molar-refractivity contribution in [1.29, 1.82) is 0 Å². The van der Waals surface area contributed by atoms with E-state index in [1.54, 1.807) is 36.4 Å². The third-order valence-electron chi connectivity index (χ3n) is 5.09. The van der Waals surface area contributed by atoms with Gasteiger partial charge in [0.05, 0.1) is 25.4 Å². The smallest absolute Gasteiger partial charge is 0.338 e. The maximum absolute atomic E-state index is 12.8. The highest BCUT2D eigenvalue weighted by molar-refractivity contribution is 5.89. The fraction of sp³-hybridized carbons (Fsp3) is 0.360. The summed E-state index contributed by atoms with van der Waals surface area (Å²) in [4.78, 5) is 24.2. The summed E-state index contributed by atoms with van der Waals surface area (Å²) < 4.78 is 34.2. The van der Waals surface area contributed by atoms with Gasteiger partial charge in [-0.3, -0.25) is 4.79 Å². The summed E-state index contributed by atoms with van der Waals surface area (Å²) in [6.07, 6.45) is -2.95. The van der Waals surface area contributed by atoms with Crippen LogP contribution >= 0.6 is 0 Å². The Morgan fingerprint density at radius 1 is 1.03 bits per heavy atom. The molecule has 0 unspecified atom stereocenters. The van der Waals surface area contributed by atoms with Crippen molar-refractivity contribution in [3.8, 4) is 0 Å². The quantitative estimate of drug-likeness (QED) is 0.274. The van der Waals surface area contributed by atoms with Gasteiger partial charge in [-0.25, -0.2) is 4.79 Å². The Hall–Kier alpha value is -3.04. The van der Waals surface area contributed by atoms with Crippen LogP contribution in [0.1, 0.15) is 15.9 Å². The Bertz CT molecular complexity index is 872. The van der Waals surface area contributed by atoms with Gasteiger partial charge in [0.1, 0.15) is 12.2 Å². The molecule has 1 fully saturated rings. The maximum atomic E-state index is 12.8. The minimum atomic E-state index is -1.00. The van der Waals surface area contributed by atoms with Gasteiger partial charge in [0, 0.05) is 7.11 Å². The van der Waals surface area contributed by atoms with Crippen molar-refractivity contribution < 1.29 is 38.0 Å². The van der Waals surface area contributed by atoms with Crippen LogP contribution in [0.3, 0.4) is 0 Å². The van der Waals surface area contributed by atoms with E-state index in [4.69, 9.17) is 28.4 Å². The second kappa shape index (κ2) is 12.9. The lowest BCUT2D eigenvalue weighted by Crippen LogP contribution is -2.62.